The lowest BCUT2D eigenvalue weighted by atomic mass is 9.62. The molecule has 3 fully saturated rings. The van der Waals surface area contributed by atoms with Gasteiger partial charge in [0.2, 0.25) is 11.8 Å². The van der Waals surface area contributed by atoms with Crippen LogP contribution in [0.5, 0.6) is 0 Å². The second kappa shape index (κ2) is 9.51. The molecule has 3 rings (SSSR count). The highest BCUT2D eigenvalue weighted by Crippen LogP contribution is 2.66. The van der Waals surface area contributed by atoms with Crippen molar-refractivity contribution in [3.05, 3.63) is 12.7 Å². The van der Waals surface area contributed by atoms with Crippen molar-refractivity contribution >= 4 is 17.8 Å². The van der Waals surface area contributed by atoms with Crippen molar-refractivity contribution in [2.24, 2.45) is 23.7 Å². The maximum absolute atomic E-state index is 14.4. The Morgan fingerprint density at radius 3 is 2.49 bits per heavy atom. The average Bonchev–Trinajstić information content (AvgIpc) is 3.28. The summed E-state index contributed by atoms with van der Waals surface area (Å²) in [7, 11) is 0. The monoisotopic (exact) mass is 492 g/mol. The Hall–Kier alpha value is -1.93. The molecule has 2 bridgehead atoms. The first-order valence-electron chi connectivity index (χ1n) is 13.0. The summed E-state index contributed by atoms with van der Waals surface area (Å²) in [5, 5.41) is 10.4. The largest absolute Gasteiger partial charge is 0.466 e. The molecule has 8 atom stereocenters. The van der Waals surface area contributed by atoms with E-state index in [1.54, 1.807) is 22.8 Å². The number of carbonyl (C=O) groups excluding carboxylic acids is 3. The third-order valence-corrected chi connectivity index (χ3v) is 8.76. The Morgan fingerprint density at radius 2 is 2.00 bits per heavy atom. The zero-order valence-corrected chi connectivity index (χ0v) is 22.7. The molecule has 1 spiro atoms. The van der Waals surface area contributed by atoms with Gasteiger partial charge in [-0.2, -0.15) is 0 Å². The number of nitrogens with zero attached hydrogens (tertiary/aromatic N) is 2. The van der Waals surface area contributed by atoms with Crippen LogP contribution < -0.4 is 0 Å². The number of fused-ring (bicyclic) bond motifs is 1. The summed E-state index contributed by atoms with van der Waals surface area (Å²) < 4.78 is 12.2. The van der Waals surface area contributed by atoms with Crippen molar-refractivity contribution in [2.45, 2.75) is 97.1 Å². The summed E-state index contributed by atoms with van der Waals surface area (Å²) in [6.07, 6.45) is 2.88. The number of aliphatic hydroxyl groups excluding tert-OH is 1. The molecule has 0 aromatic carbocycles. The first-order chi connectivity index (χ1) is 16.3. The molecular formula is C27H44N2O6. The zero-order valence-electron chi connectivity index (χ0n) is 22.7. The lowest BCUT2D eigenvalue weighted by Crippen LogP contribution is -2.62. The molecule has 8 nitrogen and oxygen atoms in total. The number of aliphatic hydroxyl groups is 1. The summed E-state index contributed by atoms with van der Waals surface area (Å²) in [6, 6.07) is -1.52. The van der Waals surface area contributed by atoms with E-state index < -0.39 is 46.6 Å². The molecule has 0 aromatic rings. The number of esters is 1. The lowest BCUT2D eigenvalue weighted by Gasteiger charge is -2.44. The molecule has 3 heterocycles. The molecule has 3 unspecified atom stereocenters. The van der Waals surface area contributed by atoms with Gasteiger partial charge in [-0.25, -0.2) is 0 Å². The van der Waals surface area contributed by atoms with Gasteiger partial charge in [-0.3, -0.25) is 14.4 Å². The highest BCUT2D eigenvalue weighted by molar-refractivity contribution is 5.99. The predicted molar refractivity (Wildman–Crippen MR) is 132 cm³/mol. The summed E-state index contributed by atoms with van der Waals surface area (Å²) in [4.78, 5) is 45.2. The third-order valence-electron chi connectivity index (χ3n) is 8.76. The van der Waals surface area contributed by atoms with Gasteiger partial charge in [-0.1, -0.05) is 33.3 Å². The van der Waals surface area contributed by atoms with Crippen LogP contribution in [0.4, 0.5) is 0 Å². The van der Waals surface area contributed by atoms with E-state index in [1.165, 1.54) is 0 Å². The molecule has 3 aliphatic heterocycles. The van der Waals surface area contributed by atoms with Crippen molar-refractivity contribution in [1.29, 1.82) is 0 Å². The minimum atomic E-state index is -1.16. The number of ether oxygens (including phenoxy) is 2. The molecule has 8 heteroatoms. The quantitative estimate of drug-likeness (QED) is 0.393. The van der Waals surface area contributed by atoms with Gasteiger partial charge in [0.25, 0.3) is 0 Å². The van der Waals surface area contributed by atoms with Gasteiger partial charge in [0.15, 0.2) is 0 Å². The molecule has 0 saturated carbocycles. The summed E-state index contributed by atoms with van der Waals surface area (Å²) in [5.41, 5.74) is -2.61. The minimum absolute atomic E-state index is 0.0526. The minimum Gasteiger partial charge on any atom is -0.466 e. The first-order valence-corrected chi connectivity index (χ1v) is 13.0. The van der Waals surface area contributed by atoms with E-state index in [0.29, 0.717) is 13.0 Å². The van der Waals surface area contributed by atoms with Gasteiger partial charge in [0.05, 0.1) is 30.8 Å². The van der Waals surface area contributed by atoms with Crippen molar-refractivity contribution in [1.82, 2.24) is 9.80 Å². The molecule has 0 aromatic heterocycles. The van der Waals surface area contributed by atoms with E-state index in [-0.39, 0.29) is 36.9 Å². The van der Waals surface area contributed by atoms with Crippen LogP contribution >= 0.6 is 0 Å². The maximum atomic E-state index is 14.4. The normalized spacial score (nSPS) is 35.6. The Kier molecular flexibility index (Phi) is 7.51. The Bertz CT molecular complexity index is 868. The number of carbonyl (C=O) groups is 3. The van der Waals surface area contributed by atoms with E-state index in [9.17, 15) is 19.5 Å². The third kappa shape index (κ3) is 4.01. The Morgan fingerprint density at radius 1 is 1.37 bits per heavy atom. The van der Waals surface area contributed by atoms with Crippen LogP contribution in [0.15, 0.2) is 12.7 Å². The van der Waals surface area contributed by atoms with Gasteiger partial charge in [0.1, 0.15) is 17.6 Å². The standard InChI is InChI=1S/C27H44N2O6/c1-10-13-28(25(6,7)8)23(32)21-27-14-17(5)26(9,35-27)20(24(33)34-12-3)19(27)22(31)29(21)18(15-30)16(4)11-2/h10,16-21,30H,1,11-15H2,2-9H3/t16-,17?,18-,19-,20-,21?,26+,27?/m0/s1. The summed E-state index contributed by atoms with van der Waals surface area (Å²) in [6.45, 7) is 19.5. The molecule has 2 amide bonds. The van der Waals surface area contributed by atoms with Crippen LogP contribution in [0, 0.1) is 23.7 Å². The van der Waals surface area contributed by atoms with E-state index in [1.807, 2.05) is 48.5 Å². The molecule has 35 heavy (non-hydrogen) atoms. The van der Waals surface area contributed by atoms with Crippen molar-refractivity contribution < 1.29 is 29.0 Å². The van der Waals surface area contributed by atoms with Crippen LogP contribution in [-0.2, 0) is 23.9 Å². The number of hydrogen-bond donors (Lipinski definition) is 1. The fraction of sp³-hybridized carbons (Fsp3) is 0.815. The first kappa shape index (κ1) is 27.7. The smallest absolute Gasteiger partial charge is 0.312 e. The van der Waals surface area contributed by atoms with E-state index in [2.05, 4.69) is 6.58 Å². The average molecular weight is 493 g/mol. The van der Waals surface area contributed by atoms with Gasteiger partial charge < -0.3 is 24.4 Å². The van der Waals surface area contributed by atoms with Crippen LogP contribution in [-0.4, -0.2) is 81.3 Å². The SMILES string of the molecule is C=CCN(C(=O)C1N([C@@H](CO)[C@@H](C)CC)C(=O)[C@@H]2[C@@H](C(=O)OCC)[C@]3(C)OC12CC3C)C(C)(C)C. The molecule has 0 radical (unpaired) electrons. The van der Waals surface area contributed by atoms with Gasteiger partial charge >= 0.3 is 5.97 Å². The summed E-state index contributed by atoms with van der Waals surface area (Å²) in [5.74, 6) is -2.76. The number of likely N-dealkylation sites (tertiary alicyclic amines) is 1. The molecule has 3 aliphatic rings. The zero-order chi connectivity index (χ0) is 26.5. The highest BCUT2D eigenvalue weighted by Gasteiger charge is 2.81. The fourth-order valence-corrected chi connectivity index (χ4v) is 6.69. The van der Waals surface area contributed by atoms with Crippen LogP contribution in [0.25, 0.3) is 0 Å². The van der Waals surface area contributed by atoms with Gasteiger partial charge in [-0.15, -0.1) is 6.58 Å². The molecule has 3 saturated heterocycles. The Balaban J connectivity index is 2.23. The van der Waals surface area contributed by atoms with Crippen LogP contribution in [0.3, 0.4) is 0 Å². The Labute approximate surface area is 210 Å². The van der Waals surface area contributed by atoms with E-state index >= 15 is 0 Å². The van der Waals surface area contributed by atoms with E-state index in [0.717, 1.165) is 6.42 Å². The van der Waals surface area contributed by atoms with Crippen molar-refractivity contribution in [3.8, 4) is 0 Å². The van der Waals surface area contributed by atoms with Gasteiger partial charge in [-0.05, 0) is 52.9 Å². The molecule has 0 aliphatic carbocycles. The number of amides is 2. The van der Waals surface area contributed by atoms with Crippen LogP contribution in [0.2, 0.25) is 0 Å². The van der Waals surface area contributed by atoms with Crippen molar-refractivity contribution in [2.75, 3.05) is 19.8 Å². The molecular weight excluding hydrogens is 448 g/mol. The van der Waals surface area contributed by atoms with Crippen LogP contribution in [0.1, 0.15) is 68.2 Å². The molecule has 1 N–H and O–H groups in total. The summed E-state index contributed by atoms with van der Waals surface area (Å²) >= 11 is 0. The predicted octanol–water partition coefficient (Wildman–Crippen LogP) is 2.78. The fourth-order valence-electron chi connectivity index (χ4n) is 6.69. The van der Waals surface area contributed by atoms with E-state index in [4.69, 9.17) is 9.47 Å². The molecule has 198 valence electrons. The van der Waals surface area contributed by atoms with Crippen molar-refractivity contribution in [3.63, 3.8) is 0 Å². The number of hydrogen-bond acceptors (Lipinski definition) is 6. The topological polar surface area (TPSA) is 96.4 Å². The maximum Gasteiger partial charge on any atom is 0.312 e. The number of rotatable bonds is 9. The second-order valence-corrected chi connectivity index (χ2v) is 11.7. The van der Waals surface area contributed by atoms with Gasteiger partial charge in [0, 0.05) is 12.1 Å². The highest BCUT2D eigenvalue weighted by atomic mass is 16.6. The lowest BCUT2D eigenvalue weighted by molar-refractivity contribution is -0.165. The second-order valence-electron chi connectivity index (χ2n) is 11.7.